The molecule has 7 rings (SSSR count). The highest BCUT2D eigenvalue weighted by atomic mass is 35.5. The van der Waals surface area contributed by atoms with Crippen LogP contribution < -0.4 is 0 Å². The van der Waals surface area contributed by atoms with Gasteiger partial charge >= 0.3 is 0 Å². The van der Waals surface area contributed by atoms with Crippen molar-refractivity contribution in [2.24, 2.45) is 27.7 Å². The summed E-state index contributed by atoms with van der Waals surface area (Å²) in [5, 5.41) is 2.38. The van der Waals surface area contributed by atoms with Gasteiger partial charge in [-0.25, -0.2) is 8.78 Å². The Bertz CT molecular complexity index is 1750. The van der Waals surface area contributed by atoms with Crippen molar-refractivity contribution in [3.8, 4) is 0 Å². The molecule has 1 aromatic heterocycles. The number of amidine groups is 1. The Kier molecular flexibility index (Phi) is 9.84. The van der Waals surface area contributed by atoms with Gasteiger partial charge in [0.05, 0.1) is 16.6 Å². The smallest absolute Gasteiger partial charge is 0.146 e. The molecule has 0 spiro atoms. The van der Waals surface area contributed by atoms with E-state index in [2.05, 4.69) is 60.2 Å². The zero-order valence-electron chi connectivity index (χ0n) is 27.8. The van der Waals surface area contributed by atoms with Gasteiger partial charge in [-0.15, -0.1) is 17.9 Å². The first-order chi connectivity index (χ1) is 23.3. The van der Waals surface area contributed by atoms with E-state index >= 15 is 0 Å². The molecule has 2 fully saturated rings. The lowest BCUT2D eigenvalue weighted by Crippen LogP contribution is -2.35. The van der Waals surface area contributed by atoms with Gasteiger partial charge in [-0.2, -0.15) is 0 Å². The van der Waals surface area contributed by atoms with E-state index in [-0.39, 0.29) is 0 Å². The number of aryl methyl sites for hydroxylation is 1. The predicted molar refractivity (Wildman–Crippen MR) is 197 cm³/mol. The number of thiophene rings is 1. The quantitative estimate of drug-likeness (QED) is 0.195. The maximum absolute atomic E-state index is 14.5. The number of aliphatic imine (C=N–C) groups is 2. The van der Waals surface area contributed by atoms with Gasteiger partial charge in [0.25, 0.3) is 0 Å². The molecular formula is C41H44ClF2N3S. The zero-order chi connectivity index (χ0) is 33.4. The molecule has 3 nitrogen and oxygen atoms in total. The first-order valence-electron chi connectivity index (χ1n) is 17.5. The van der Waals surface area contributed by atoms with Gasteiger partial charge in [-0.1, -0.05) is 79.9 Å². The third-order valence-corrected chi connectivity index (χ3v) is 12.1. The van der Waals surface area contributed by atoms with Crippen molar-refractivity contribution >= 4 is 34.5 Å². The molecule has 4 aliphatic rings. The molecule has 0 amide bonds. The Hall–Kier alpha value is -3.35. The van der Waals surface area contributed by atoms with Gasteiger partial charge in [0.15, 0.2) is 0 Å². The van der Waals surface area contributed by atoms with Crippen LogP contribution in [0.5, 0.6) is 0 Å². The van der Waals surface area contributed by atoms with E-state index < -0.39 is 24.1 Å². The summed E-state index contributed by atoms with van der Waals surface area (Å²) in [4.78, 5) is 13.6. The molecule has 0 bridgehead atoms. The number of alkyl halides is 1. The van der Waals surface area contributed by atoms with Crippen LogP contribution in [0.1, 0.15) is 85.9 Å². The molecule has 0 radical (unpaired) electrons. The summed E-state index contributed by atoms with van der Waals surface area (Å²) in [6, 6.07) is 17.0. The normalized spacial score (nSPS) is 26.7. The highest BCUT2D eigenvalue weighted by molar-refractivity contribution is 7.12. The van der Waals surface area contributed by atoms with Crippen LogP contribution in [0.2, 0.25) is 5.02 Å². The fourth-order valence-electron chi connectivity index (χ4n) is 8.06. The molecule has 250 valence electrons. The average Bonchev–Trinajstić information content (AvgIpc) is 3.87. The molecule has 1 aliphatic carbocycles. The van der Waals surface area contributed by atoms with E-state index in [1.165, 1.54) is 55.9 Å². The molecule has 0 N–H and O–H groups in total. The third-order valence-electron chi connectivity index (χ3n) is 10.9. The fraction of sp³-hybridized carbons (Fsp3) is 0.415. The van der Waals surface area contributed by atoms with Crippen molar-refractivity contribution in [2.75, 3.05) is 6.54 Å². The minimum absolute atomic E-state index is 0.293. The second kappa shape index (κ2) is 14.2. The summed E-state index contributed by atoms with van der Waals surface area (Å²) in [5.74, 6) is 2.66. The maximum atomic E-state index is 14.5. The van der Waals surface area contributed by atoms with Gasteiger partial charge in [0, 0.05) is 28.4 Å². The number of nitrogens with zero attached hydrogens (tertiary/aromatic N) is 3. The summed E-state index contributed by atoms with van der Waals surface area (Å²) in [7, 11) is 0. The number of hydrogen-bond donors (Lipinski definition) is 0. The molecule has 1 saturated heterocycles. The molecule has 3 unspecified atom stereocenters. The standard InChI is InChI=1S/C41H44ClF2N3S/c1-4-28(14-9-27-10-15-30(16-11-27)29-12-7-25(2)8-13-29)31-22-37-39(36-20-19-35(45-36)26(3)43)40(33-18-17-32(44)23-34(33)42)46-41(47(37)24-31)38-6-5-21-48-38/h4-6,10-11,15-21,23,25-26,28-29,31,35,40H,1,7-9,12-14,22,24H2,2-3H3/t25-,26?,28?,29+,31-,35?,40-/m0/s1. The number of allylic oxidation sites excluding steroid dienone is 3. The Labute approximate surface area is 292 Å². The van der Waals surface area contributed by atoms with Gasteiger partial charge < -0.3 is 4.90 Å². The number of rotatable bonds is 10. The first kappa shape index (κ1) is 33.2. The van der Waals surface area contributed by atoms with Crippen LogP contribution in [0.4, 0.5) is 8.78 Å². The minimum Gasteiger partial charge on any atom is -0.328 e. The van der Waals surface area contributed by atoms with Gasteiger partial charge in [-0.3, -0.25) is 9.98 Å². The fourth-order valence-corrected chi connectivity index (χ4v) is 9.06. The van der Waals surface area contributed by atoms with Crippen molar-refractivity contribution in [1.82, 2.24) is 4.90 Å². The van der Waals surface area contributed by atoms with Crippen molar-refractivity contribution in [2.45, 2.75) is 83.0 Å². The van der Waals surface area contributed by atoms with Crippen LogP contribution in [-0.2, 0) is 6.42 Å². The number of benzene rings is 2. The molecule has 1 saturated carbocycles. The van der Waals surface area contributed by atoms with Gasteiger partial charge in [0.2, 0.25) is 0 Å². The first-order valence-corrected chi connectivity index (χ1v) is 18.7. The van der Waals surface area contributed by atoms with Crippen molar-refractivity contribution < 1.29 is 8.78 Å². The zero-order valence-corrected chi connectivity index (χ0v) is 29.4. The third kappa shape index (κ3) is 6.76. The second-order valence-corrected chi connectivity index (χ2v) is 15.5. The summed E-state index contributed by atoms with van der Waals surface area (Å²) in [6.07, 6.45) is 12.9. The number of fused-ring (bicyclic) bond motifs is 1. The van der Waals surface area contributed by atoms with E-state index in [4.69, 9.17) is 21.6 Å². The highest BCUT2D eigenvalue weighted by Gasteiger charge is 2.42. The Morgan fingerprint density at radius 1 is 1.08 bits per heavy atom. The predicted octanol–water partition coefficient (Wildman–Crippen LogP) is 11.1. The van der Waals surface area contributed by atoms with E-state index in [0.717, 1.165) is 65.0 Å². The summed E-state index contributed by atoms with van der Waals surface area (Å²) in [6.45, 7) is 9.02. The van der Waals surface area contributed by atoms with Gasteiger partial charge in [-0.05, 0) is 103 Å². The summed E-state index contributed by atoms with van der Waals surface area (Å²) in [5.41, 5.74) is 6.37. The SMILES string of the molecule is C=CC(CCc1ccc([C@H]2CC[C@@H](C)CC2)cc1)[C@H]1CC2=C(C3=NC(C(C)F)C=C3)[C@H](c3ccc(F)cc3Cl)N=C(c3cccs3)N2C1. The lowest BCUT2D eigenvalue weighted by Gasteiger charge is -2.33. The van der Waals surface area contributed by atoms with E-state index in [1.54, 1.807) is 17.4 Å². The Morgan fingerprint density at radius 2 is 1.88 bits per heavy atom. The van der Waals surface area contributed by atoms with Crippen LogP contribution in [0.25, 0.3) is 0 Å². The van der Waals surface area contributed by atoms with E-state index in [1.807, 2.05) is 18.2 Å². The molecule has 3 aliphatic heterocycles. The van der Waals surface area contributed by atoms with Crippen LogP contribution in [0.15, 0.2) is 106 Å². The van der Waals surface area contributed by atoms with Crippen molar-refractivity contribution in [3.05, 3.63) is 128 Å². The lowest BCUT2D eigenvalue weighted by atomic mass is 9.79. The van der Waals surface area contributed by atoms with Crippen molar-refractivity contribution in [1.29, 1.82) is 0 Å². The second-order valence-electron chi connectivity index (χ2n) is 14.1. The van der Waals surface area contributed by atoms with Crippen LogP contribution >= 0.6 is 22.9 Å². The maximum Gasteiger partial charge on any atom is 0.146 e. The number of hydrogen-bond acceptors (Lipinski definition) is 4. The molecule has 7 heteroatoms. The largest absolute Gasteiger partial charge is 0.328 e. The highest BCUT2D eigenvalue weighted by Crippen LogP contribution is 2.47. The average molecular weight is 684 g/mol. The van der Waals surface area contributed by atoms with E-state index in [0.29, 0.717) is 22.8 Å². The monoisotopic (exact) mass is 683 g/mol. The van der Waals surface area contributed by atoms with Crippen LogP contribution in [-0.4, -0.2) is 35.2 Å². The van der Waals surface area contributed by atoms with Crippen LogP contribution in [0.3, 0.4) is 0 Å². The Morgan fingerprint density at radius 3 is 2.54 bits per heavy atom. The molecule has 2 aromatic carbocycles. The molecular weight excluding hydrogens is 640 g/mol. The molecule has 3 aromatic rings. The summed E-state index contributed by atoms with van der Waals surface area (Å²) < 4.78 is 28.7. The minimum atomic E-state index is -1.11. The van der Waals surface area contributed by atoms with Crippen LogP contribution in [0, 0.1) is 23.6 Å². The van der Waals surface area contributed by atoms with Crippen molar-refractivity contribution in [3.63, 3.8) is 0 Å². The van der Waals surface area contributed by atoms with Gasteiger partial charge in [0.1, 0.15) is 23.9 Å². The summed E-state index contributed by atoms with van der Waals surface area (Å²) >= 11 is 8.37. The van der Waals surface area contributed by atoms with E-state index in [9.17, 15) is 8.78 Å². The molecule has 5 atom stereocenters. The lowest BCUT2D eigenvalue weighted by molar-refractivity contribution is 0.337. The molecule has 48 heavy (non-hydrogen) atoms. The number of halogens is 3. The Balaban J connectivity index is 1.19. The molecule has 4 heterocycles. The topological polar surface area (TPSA) is 28.0 Å².